The first-order valence-corrected chi connectivity index (χ1v) is 6.83. The van der Waals surface area contributed by atoms with Gasteiger partial charge in [-0.3, -0.25) is 4.79 Å². The van der Waals surface area contributed by atoms with Gasteiger partial charge in [-0.2, -0.15) is 5.26 Å². The Morgan fingerprint density at radius 3 is 2.81 bits per heavy atom. The average Bonchev–Trinajstić information content (AvgIpc) is 2.87. The lowest BCUT2D eigenvalue weighted by atomic mass is 9.95. The Kier molecular flexibility index (Phi) is 4.81. The van der Waals surface area contributed by atoms with Crippen molar-refractivity contribution in [2.45, 2.75) is 37.6 Å². The van der Waals surface area contributed by atoms with Gasteiger partial charge in [0.2, 0.25) is 5.91 Å². The largest absolute Gasteiger partial charge is 0.322 e. The predicted octanol–water partition coefficient (Wildman–Crippen LogP) is 1.59. The summed E-state index contributed by atoms with van der Waals surface area (Å²) in [5.41, 5.74) is 2.34. The molecular formula is C15H17ClFN3O. The van der Waals surface area contributed by atoms with Crippen LogP contribution in [-0.4, -0.2) is 35.6 Å². The predicted molar refractivity (Wildman–Crippen MR) is 78.6 cm³/mol. The highest BCUT2D eigenvalue weighted by Crippen LogP contribution is 2.23. The fourth-order valence-electron chi connectivity index (χ4n) is 2.98. The van der Waals surface area contributed by atoms with Gasteiger partial charge in [-0.25, -0.2) is 4.39 Å². The molecule has 3 atom stereocenters. The molecule has 6 heteroatoms. The van der Waals surface area contributed by atoms with Gasteiger partial charge in [-0.1, -0.05) is 24.3 Å². The van der Waals surface area contributed by atoms with Gasteiger partial charge in [-0.15, -0.1) is 12.4 Å². The molecular weight excluding hydrogens is 293 g/mol. The van der Waals surface area contributed by atoms with E-state index in [9.17, 15) is 9.18 Å². The van der Waals surface area contributed by atoms with Crippen LogP contribution in [0.4, 0.5) is 4.39 Å². The summed E-state index contributed by atoms with van der Waals surface area (Å²) in [4.78, 5) is 13.9. The number of nitrogens with zero attached hydrogens (tertiary/aromatic N) is 2. The molecule has 3 rings (SSSR count). The van der Waals surface area contributed by atoms with Crippen LogP contribution in [0.1, 0.15) is 17.5 Å². The van der Waals surface area contributed by atoms with Crippen molar-refractivity contribution in [3.63, 3.8) is 0 Å². The van der Waals surface area contributed by atoms with Crippen molar-refractivity contribution >= 4 is 18.3 Å². The Morgan fingerprint density at radius 1 is 1.38 bits per heavy atom. The minimum atomic E-state index is -1.08. The third-order valence-corrected chi connectivity index (χ3v) is 4.06. The molecule has 2 aliphatic rings. The Bertz CT molecular complexity index is 574. The van der Waals surface area contributed by atoms with Crippen LogP contribution in [0.3, 0.4) is 0 Å². The van der Waals surface area contributed by atoms with Crippen LogP contribution in [0.2, 0.25) is 0 Å². The number of rotatable bonds is 1. The number of nitriles is 1. The third-order valence-electron chi connectivity index (χ3n) is 4.06. The maximum absolute atomic E-state index is 13.4. The quantitative estimate of drug-likeness (QED) is 0.857. The smallest absolute Gasteiger partial charge is 0.241 e. The Morgan fingerprint density at radius 2 is 2.10 bits per heavy atom. The molecule has 0 saturated carbocycles. The fraction of sp³-hybridized carbons (Fsp3) is 0.467. The summed E-state index contributed by atoms with van der Waals surface area (Å²) in [7, 11) is 0. The molecule has 0 aliphatic carbocycles. The van der Waals surface area contributed by atoms with Gasteiger partial charge in [0, 0.05) is 13.0 Å². The van der Waals surface area contributed by atoms with E-state index in [1.165, 1.54) is 10.5 Å². The number of carbonyl (C=O) groups excluding carboxylic acids is 1. The lowest BCUT2D eigenvalue weighted by Gasteiger charge is -2.30. The number of nitrogens with one attached hydrogen (secondary N) is 1. The number of halogens is 2. The van der Waals surface area contributed by atoms with Crippen molar-refractivity contribution < 1.29 is 9.18 Å². The van der Waals surface area contributed by atoms with E-state index in [2.05, 4.69) is 5.32 Å². The van der Waals surface area contributed by atoms with Crippen molar-refractivity contribution in [3.8, 4) is 6.07 Å². The number of hydrogen-bond acceptors (Lipinski definition) is 3. The van der Waals surface area contributed by atoms with Crippen LogP contribution >= 0.6 is 12.4 Å². The molecule has 0 bridgehead atoms. The van der Waals surface area contributed by atoms with Crippen molar-refractivity contribution in [2.75, 3.05) is 6.54 Å². The van der Waals surface area contributed by atoms with Gasteiger partial charge >= 0.3 is 0 Å². The van der Waals surface area contributed by atoms with E-state index in [-0.39, 0.29) is 37.3 Å². The second-order valence-corrected chi connectivity index (χ2v) is 5.37. The highest BCUT2D eigenvalue weighted by atomic mass is 35.5. The van der Waals surface area contributed by atoms with Crippen molar-refractivity contribution in [3.05, 3.63) is 35.4 Å². The maximum Gasteiger partial charge on any atom is 0.241 e. The molecule has 0 unspecified atom stereocenters. The van der Waals surface area contributed by atoms with Gasteiger partial charge in [-0.05, 0) is 17.5 Å². The topological polar surface area (TPSA) is 56.1 Å². The number of benzene rings is 1. The highest BCUT2D eigenvalue weighted by molar-refractivity contribution is 5.85. The van der Waals surface area contributed by atoms with E-state index in [0.717, 1.165) is 5.56 Å². The van der Waals surface area contributed by atoms with E-state index in [4.69, 9.17) is 5.26 Å². The molecule has 1 aromatic carbocycles. The van der Waals surface area contributed by atoms with E-state index in [1.54, 1.807) is 0 Å². The van der Waals surface area contributed by atoms with Gasteiger partial charge in [0.15, 0.2) is 0 Å². The van der Waals surface area contributed by atoms with Crippen LogP contribution in [0, 0.1) is 11.3 Å². The van der Waals surface area contributed by atoms with E-state index in [0.29, 0.717) is 13.0 Å². The van der Waals surface area contributed by atoms with Crippen molar-refractivity contribution in [2.24, 2.45) is 0 Å². The molecule has 0 spiro atoms. The fourth-order valence-corrected chi connectivity index (χ4v) is 2.98. The van der Waals surface area contributed by atoms with Gasteiger partial charge < -0.3 is 10.2 Å². The Labute approximate surface area is 129 Å². The summed E-state index contributed by atoms with van der Waals surface area (Å²) in [6, 6.07) is 9.02. The van der Waals surface area contributed by atoms with E-state index >= 15 is 0 Å². The second kappa shape index (κ2) is 6.42. The third kappa shape index (κ3) is 3.02. The van der Waals surface area contributed by atoms with Crippen LogP contribution < -0.4 is 5.32 Å². The number of amides is 1. The maximum atomic E-state index is 13.4. The van der Waals surface area contributed by atoms with Gasteiger partial charge in [0.1, 0.15) is 12.2 Å². The summed E-state index contributed by atoms with van der Waals surface area (Å²) in [6.45, 7) is 0.674. The van der Waals surface area contributed by atoms with E-state index < -0.39 is 12.2 Å². The van der Waals surface area contributed by atoms with Crippen LogP contribution in [-0.2, 0) is 17.8 Å². The first-order chi connectivity index (χ1) is 9.69. The van der Waals surface area contributed by atoms with Crippen LogP contribution in [0.15, 0.2) is 24.3 Å². The van der Waals surface area contributed by atoms with Crippen LogP contribution in [0.25, 0.3) is 0 Å². The number of likely N-dealkylation sites (tertiary alicyclic amines) is 1. The zero-order valence-corrected chi connectivity index (χ0v) is 12.3. The average molecular weight is 310 g/mol. The van der Waals surface area contributed by atoms with Crippen molar-refractivity contribution in [1.82, 2.24) is 10.2 Å². The molecule has 0 aromatic heterocycles. The monoisotopic (exact) mass is 309 g/mol. The molecule has 1 fully saturated rings. The standard InChI is InChI=1S/C15H16FN3O.ClH/c16-12-6-13(7-17)19(9-12)15(20)14-5-10-3-1-2-4-11(10)8-18-14;/h1-4,12-14,18H,5-6,8-9H2;1H/t12-,13-,14-;/m0./s1. The molecule has 112 valence electrons. The van der Waals surface area contributed by atoms with E-state index in [1.807, 2.05) is 30.3 Å². The molecule has 0 radical (unpaired) electrons. The minimum Gasteiger partial charge on any atom is -0.322 e. The van der Waals surface area contributed by atoms with Gasteiger partial charge in [0.25, 0.3) is 0 Å². The molecule has 1 N–H and O–H groups in total. The molecule has 1 aromatic rings. The first kappa shape index (κ1) is 15.7. The Hall–Kier alpha value is -1.64. The molecule has 2 heterocycles. The first-order valence-electron chi connectivity index (χ1n) is 6.83. The number of fused-ring (bicyclic) bond motifs is 1. The lowest BCUT2D eigenvalue weighted by molar-refractivity contribution is -0.133. The summed E-state index contributed by atoms with van der Waals surface area (Å²) in [6.07, 6.45) is -0.355. The highest BCUT2D eigenvalue weighted by Gasteiger charge is 2.38. The molecule has 1 saturated heterocycles. The SMILES string of the molecule is Cl.N#C[C@@H]1C[C@H](F)CN1C(=O)[C@@H]1Cc2ccccc2CN1. The summed E-state index contributed by atoms with van der Waals surface area (Å²) < 4.78 is 13.4. The summed E-state index contributed by atoms with van der Waals surface area (Å²) in [5, 5.41) is 12.2. The summed E-state index contributed by atoms with van der Waals surface area (Å²) in [5.74, 6) is -0.161. The van der Waals surface area contributed by atoms with Crippen molar-refractivity contribution in [1.29, 1.82) is 5.26 Å². The van der Waals surface area contributed by atoms with Crippen LogP contribution in [0.5, 0.6) is 0 Å². The minimum absolute atomic E-state index is 0. The molecule has 4 nitrogen and oxygen atoms in total. The zero-order valence-electron chi connectivity index (χ0n) is 11.5. The molecule has 2 aliphatic heterocycles. The number of alkyl halides is 1. The zero-order chi connectivity index (χ0) is 14.1. The normalized spacial score (nSPS) is 27.4. The number of carbonyl (C=O) groups is 1. The Balaban J connectivity index is 0.00000161. The summed E-state index contributed by atoms with van der Waals surface area (Å²) >= 11 is 0. The molecule has 21 heavy (non-hydrogen) atoms. The van der Waals surface area contributed by atoms with Gasteiger partial charge in [0.05, 0.1) is 18.7 Å². The second-order valence-electron chi connectivity index (χ2n) is 5.37. The molecule has 1 amide bonds. The number of hydrogen-bond donors (Lipinski definition) is 1. The lowest BCUT2D eigenvalue weighted by Crippen LogP contribution is -2.50.